The first-order chi connectivity index (χ1) is 6.72. The maximum absolute atomic E-state index is 5.80. The fourth-order valence-electron chi connectivity index (χ4n) is 1.21. The van der Waals surface area contributed by atoms with Gasteiger partial charge in [0.2, 0.25) is 0 Å². The number of nitrogens with one attached hydrogen (secondary N) is 1. The molecule has 0 aromatic heterocycles. The molecule has 0 bridgehead atoms. The maximum Gasteiger partial charge on any atom is 0.0406 e. The lowest BCUT2D eigenvalue weighted by atomic mass is 10.1. The molecule has 0 saturated carbocycles. The van der Waals surface area contributed by atoms with Gasteiger partial charge in [-0.3, -0.25) is 0 Å². The molecule has 1 N–H and O–H groups in total. The summed E-state index contributed by atoms with van der Waals surface area (Å²) in [6.07, 6.45) is 1.23. The van der Waals surface area contributed by atoms with Crippen molar-refractivity contribution in [2.24, 2.45) is 5.92 Å². The lowest BCUT2D eigenvalue weighted by Crippen LogP contribution is -2.20. The van der Waals surface area contributed by atoms with E-state index in [1.165, 1.54) is 12.0 Å². The maximum atomic E-state index is 5.80. The van der Waals surface area contributed by atoms with Crippen LogP contribution >= 0.6 is 11.6 Å². The van der Waals surface area contributed by atoms with Crippen LogP contribution in [0.15, 0.2) is 24.3 Å². The van der Waals surface area contributed by atoms with Gasteiger partial charge in [-0.15, -0.1) is 0 Å². The van der Waals surface area contributed by atoms with E-state index in [1.54, 1.807) is 0 Å². The van der Waals surface area contributed by atoms with E-state index in [2.05, 4.69) is 31.3 Å². The molecule has 78 valence electrons. The summed E-state index contributed by atoms with van der Waals surface area (Å²) < 4.78 is 0. The molecule has 0 fully saturated rings. The second-order valence-corrected chi connectivity index (χ2v) is 4.21. The van der Waals surface area contributed by atoms with Gasteiger partial charge in [0.15, 0.2) is 0 Å². The molecule has 0 aliphatic heterocycles. The lowest BCUT2D eigenvalue weighted by Gasteiger charge is -2.09. The number of halogens is 1. The Bertz CT molecular complexity index is 256. The Labute approximate surface area is 91.5 Å². The molecular formula is C12H18ClN. The summed E-state index contributed by atoms with van der Waals surface area (Å²) in [6.45, 7) is 6.49. The summed E-state index contributed by atoms with van der Waals surface area (Å²) in [5.41, 5.74) is 1.29. The van der Waals surface area contributed by atoms with Crippen LogP contribution < -0.4 is 5.32 Å². The van der Waals surface area contributed by atoms with Crippen molar-refractivity contribution < 1.29 is 0 Å². The second-order valence-electron chi connectivity index (χ2n) is 3.77. The van der Waals surface area contributed by atoms with Crippen molar-refractivity contribution in [3.05, 3.63) is 34.9 Å². The molecule has 1 atom stereocenters. The van der Waals surface area contributed by atoms with Crippen molar-refractivity contribution in [1.29, 1.82) is 0 Å². The van der Waals surface area contributed by atoms with Crippen LogP contribution in [0, 0.1) is 5.92 Å². The standard InChI is InChI=1S/C12H18ClN/c1-3-10(2)8-14-9-11-4-6-12(13)7-5-11/h4-7,10,14H,3,8-9H2,1-2H3/t10-/m1/s1. The van der Waals surface area contributed by atoms with Gasteiger partial charge in [0.25, 0.3) is 0 Å². The highest BCUT2D eigenvalue weighted by Gasteiger charge is 1.97. The van der Waals surface area contributed by atoms with Crippen molar-refractivity contribution in [3.63, 3.8) is 0 Å². The van der Waals surface area contributed by atoms with Gasteiger partial charge < -0.3 is 5.32 Å². The van der Waals surface area contributed by atoms with Crippen molar-refractivity contribution in [2.45, 2.75) is 26.8 Å². The van der Waals surface area contributed by atoms with E-state index in [4.69, 9.17) is 11.6 Å². The average molecular weight is 212 g/mol. The molecule has 0 unspecified atom stereocenters. The molecule has 1 aromatic rings. The van der Waals surface area contributed by atoms with Crippen LogP contribution in [-0.4, -0.2) is 6.54 Å². The normalized spacial score (nSPS) is 12.8. The van der Waals surface area contributed by atoms with Crippen LogP contribution in [-0.2, 0) is 6.54 Å². The van der Waals surface area contributed by atoms with Crippen LogP contribution in [0.2, 0.25) is 5.02 Å². The molecule has 0 aliphatic rings. The number of hydrogen-bond donors (Lipinski definition) is 1. The third-order valence-electron chi connectivity index (χ3n) is 2.43. The molecule has 0 heterocycles. The van der Waals surface area contributed by atoms with Gasteiger partial charge >= 0.3 is 0 Å². The third-order valence-corrected chi connectivity index (χ3v) is 2.68. The minimum absolute atomic E-state index is 0.752. The van der Waals surface area contributed by atoms with Crippen molar-refractivity contribution in [3.8, 4) is 0 Å². The molecule has 0 amide bonds. The highest BCUT2D eigenvalue weighted by Crippen LogP contribution is 2.09. The molecule has 0 aliphatic carbocycles. The van der Waals surface area contributed by atoms with Crippen LogP contribution in [0.3, 0.4) is 0 Å². The fourth-order valence-corrected chi connectivity index (χ4v) is 1.34. The summed E-state index contributed by atoms with van der Waals surface area (Å²) >= 11 is 5.80. The zero-order valence-electron chi connectivity index (χ0n) is 8.89. The Morgan fingerprint density at radius 2 is 1.93 bits per heavy atom. The fraction of sp³-hybridized carbons (Fsp3) is 0.500. The average Bonchev–Trinajstić information content (AvgIpc) is 2.21. The van der Waals surface area contributed by atoms with Crippen molar-refractivity contribution in [2.75, 3.05) is 6.54 Å². The Balaban J connectivity index is 2.28. The SMILES string of the molecule is CC[C@@H](C)CNCc1ccc(Cl)cc1. The van der Waals surface area contributed by atoms with E-state index in [1.807, 2.05) is 12.1 Å². The summed E-state index contributed by atoms with van der Waals surface area (Å²) in [4.78, 5) is 0. The molecular weight excluding hydrogens is 194 g/mol. The molecule has 1 rings (SSSR count). The summed E-state index contributed by atoms with van der Waals surface area (Å²) in [5, 5.41) is 4.23. The quantitative estimate of drug-likeness (QED) is 0.787. The predicted molar refractivity (Wildman–Crippen MR) is 62.6 cm³/mol. The monoisotopic (exact) mass is 211 g/mol. The topological polar surface area (TPSA) is 12.0 Å². The Kier molecular flexibility index (Phi) is 4.99. The van der Waals surface area contributed by atoms with Gasteiger partial charge in [0.05, 0.1) is 0 Å². The highest BCUT2D eigenvalue weighted by molar-refractivity contribution is 6.30. The van der Waals surface area contributed by atoms with Gasteiger partial charge in [0, 0.05) is 11.6 Å². The Hall–Kier alpha value is -0.530. The van der Waals surface area contributed by atoms with E-state index >= 15 is 0 Å². The lowest BCUT2D eigenvalue weighted by molar-refractivity contribution is 0.500. The second kappa shape index (κ2) is 6.05. The third kappa shape index (κ3) is 4.12. The van der Waals surface area contributed by atoms with Crippen LogP contribution in [0.25, 0.3) is 0 Å². The van der Waals surface area contributed by atoms with E-state index in [9.17, 15) is 0 Å². The zero-order chi connectivity index (χ0) is 10.4. The van der Waals surface area contributed by atoms with Gasteiger partial charge in [0.1, 0.15) is 0 Å². The van der Waals surface area contributed by atoms with E-state index in [0.29, 0.717) is 0 Å². The predicted octanol–water partition coefficient (Wildman–Crippen LogP) is 3.48. The van der Waals surface area contributed by atoms with Gasteiger partial charge in [-0.05, 0) is 30.2 Å². The molecule has 1 nitrogen and oxygen atoms in total. The summed E-state index contributed by atoms with van der Waals surface area (Å²) in [5.74, 6) is 0.752. The molecule has 14 heavy (non-hydrogen) atoms. The minimum atomic E-state index is 0.752. The van der Waals surface area contributed by atoms with Crippen molar-refractivity contribution >= 4 is 11.6 Å². The van der Waals surface area contributed by atoms with E-state index in [-0.39, 0.29) is 0 Å². The Morgan fingerprint density at radius 1 is 1.29 bits per heavy atom. The first-order valence-corrected chi connectivity index (χ1v) is 5.55. The molecule has 0 spiro atoms. The minimum Gasteiger partial charge on any atom is -0.312 e. The molecule has 0 saturated heterocycles. The van der Waals surface area contributed by atoms with Crippen LogP contribution in [0.5, 0.6) is 0 Å². The van der Waals surface area contributed by atoms with Crippen LogP contribution in [0.1, 0.15) is 25.8 Å². The Morgan fingerprint density at radius 3 is 2.50 bits per heavy atom. The van der Waals surface area contributed by atoms with Crippen molar-refractivity contribution in [1.82, 2.24) is 5.32 Å². The first-order valence-electron chi connectivity index (χ1n) is 5.17. The zero-order valence-corrected chi connectivity index (χ0v) is 9.64. The van der Waals surface area contributed by atoms with Gasteiger partial charge in [-0.2, -0.15) is 0 Å². The smallest absolute Gasteiger partial charge is 0.0406 e. The number of benzene rings is 1. The van der Waals surface area contributed by atoms with Gasteiger partial charge in [-0.1, -0.05) is 44.0 Å². The highest BCUT2D eigenvalue weighted by atomic mass is 35.5. The van der Waals surface area contributed by atoms with E-state index < -0.39 is 0 Å². The van der Waals surface area contributed by atoms with Crippen LogP contribution in [0.4, 0.5) is 0 Å². The number of hydrogen-bond acceptors (Lipinski definition) is 1. The van der Waals surface area contributed by atoms with Gasteiger partial charge in [-0.25, -0.2) is 0 Å². The van der Waals surface area contributed by atoms with E-state index in [0.717, 1.165) is 24.0 Å². The summed E-state index contributed by atoms with van der Waals surface area (Å²) in [6, 6.07) is 7.99. The molecule has 2 heteroatoms. The molecule has 0 radical (unpaired) electrons. The number of rotatable bonds is 5. The molecule has 1 aromatic carbocycles. The summed E-state index contributed by atoms with van der Waals surface area (Å²) in [7, 11) is 0. The largest absolute Gasteiger partial charge is 0.312 e. The first kappa shape index (κ1) is 11.5.